The van der Waals surface area contributed by atoms with E-state index in [2.05, 4.69) is 0 Å². The molecule has 0 N–H and O–H groups in total. The highest BCUT2D eigenvalue weighted by Gasteiger charge is 2.39. The van der Waals surface area contributed by atoms with E-state index in [9.17, 15) is 14.4 Å². The Kier molecular flexibility index (Phi) is 5.27. The van der Waals surface area contributed by atoms with Crippen LogP contribution in [0.2, 0.25) is 0 Å². The molecule has 1 saturated heterocycles. The van der Waals surface area contributed by atoms with Crippen molar-refractivity contribution in [2.45, 2.75) is 39.4 Å². The molecular formula is C12H18O6. The van der Waals surface area contributed by atoms with Crippen molar-refractivity contribution in [3.05, 3.63) is 0 Å². The van der Waals surface area contributed by atoms with Gasteiger partial charge in [-0.2, -0.15) is 0 Å². The highest BCUT2D eigenvalue weighted by Crippen LogP contribution is 2.25. The van der Waals surface area contributed by atoms with E-state index in [1.165, 1.54) is 20.8 Å². The quantitative estimate of drug-likeness (QED) is 0.682. The van der Waals surface area contributed by atoms with Crippen LogP contribution >= 0.6 is 0 Å². The number of hydrogen-bond acceptors (Lipinski definition) is 6. The summed E-state index contributed by atoms with van der Waals surface area (Å²) < 4.78 is 15.4. The summed E-state index contributed by atoms with van der Waals surface area (Å²) >= 11 is 0. The summed E-state index contributed by atoms with van der Waals surface area (Å²) in [7, 11) is 0. The number of rotatable bonds is 4. The Morgan fingerprint density at radius 1 is 1.17 bits per heavy atom. The van der Waals surface area contributed by atoms with E-state index >= 15 is 0 Å². The zero-order chi connectivity index (χ0) is 13.7. The molecule has 0 saturated carbocycles. The van der Waals surface area contributed by atoms with Crippen LogP contribution in [0.3, 0.4) is 0 Å². The molecule has 0 aromatic carbocycles. The van der Waals surface area contributed by atoms with E-state index in [1.54, 1.807) is 0 Å². The first-order valence-corrected chi connectivity index (χ1v) is 5.84. The maximum Gasteiger partial charge on any atom is 0.303 e. The molecule has 1 aliphatic heterocycles. The summed E-state index contributed by atoms with van der Waals surface area (Å²) in [5.41, 5.74) is 0. The van der Waals surface area contributed by atoms with Crippen molar-refractivity contribution < 1.29 is 28.6 Å². The Morgan fingerprint density at radius 2 is 1.83 bits per heavy atom. The molecule has 0 bridgehead atoms. The third kappa shape index (κ3) is 4.10. The second-order valence-corrected chi connectivity index (χ2v) is 4.29. The normalized spacial score (nSPS) is 27.4. The highest BCUT2D eigenvalue weighted by atomic mass is 16.6. The number of carbonyl (C=O) groups excluding carboxylic acids is 3. The fourth-order valence-electron chi connectivity index (χ4n) is 1.99. The number of ether oxygens (including phenoxy) is 3. The lowest BCUT2D eigenvalue weighted by molar-refractivity contribution is -0.180. The van der Waals surface area contributed by atoms with Crippen LogP contribution in [-0.2, 0) is 28.6 Å². The number of ketones is 1. The largest absolute Gasteiger partial charge is 0.463 e. The van der Waals surface area contributed by atoms with Gasteiger partial charge in [-0.1, -0.05) is 0 Å². The molecular weight excluding hydrogens is 240 g/mol. The fraction of sp³-hybridized carbons (Fsp3) is 0.750. The molecule has 1 fully saturated rings. The van der Waals surface area contributed by atoms with Crippen LogP contribution in [0, 0.1) is 5.92 Å². The predicted molar refractivity (Wildman–Crippen MR) is 60.7 cm³/mol. The van der Waals surface area contributed by atoms with Crippen LogP contribution in [0.15, 0.2) is 0 Å². The molecule has 0 aliphatic carbocycles. The second kappa shape index (κ2) is 6.49. The van der Waals surface area contributed by atoms with E-state index in [0.29, 0.717) is 13.0 Å². The summed E-state index contributed by atoms with van der Waals surface area (Å²) in [6, 6.07) is 0. The van der Waals surface area contributed by atoms with Crippen molar-refractivity contribution in [2.24, 2.45) is 5.92 Å². The highest BCUT2D eigenvalue weighted by molar-refractivity contribution is 5.79. The molecule has 18 heavy (non-hydrogen) atoms. The number of hydrogen-bond donors (Lipinski definition) is 0. The zero-order valence-electron chi connectivity index (χ0n) is 10.8. The van der Waals surface area contributed by atoms with Gasteiger partial charge in [0.25, 0.3) is 0 Å². The molecule has 0 aromatic heterocycles. The molecule has 0 unspecified atom stereocenters. The summed E-state index contributed by atoms with van der Waals surface area (Å²) in [5.74, 6) is -1.38. The lowest BCUT2D eigenvalue weighted by Crippen LogP contribution is -2.48. The Labute approximate surface area is 106 Å². The van der Waals surface area contributed by atoms with E-state index in [-0.39, 0.29) is 12.4 Å². The summed E-state index contributed by atoms with van der Waals surface area (Å²) in [6.07, 6.45) is -0.766. The molecule has 0 aromatic rings. The second-order valence-electron chi connectivity index (χ2n) is 4.29. The summed E-state index contributed by atoms with van der Waals surface area (Å²) in [6.45, 7) is 4.38. The first kappa shape index (κ1) is 14.6. The molecule has 6 nitrogen and oxygen atoms in total. The van der Waals surface area contributed by atoms with Crippen molar-refractivity contribution in [1.82, 2.24) is 0 Å². The van der Waals surface area contributed by atoms with Gasteiger partial charge in [0.15, 0.2) is 0 Å². The van der Waals surface area contributed by atoms with Gasteiger partial charge >= 0.3 is 11.9 Å². The minimum absolute atomic E-state index is 0.0168. The topological polar surface area (TPSA) is 78.9 Å². The Morgan fingerprint density at radius 3 is 2.33 bits per heavy atom. The molecule has 1 aliphatic rings. The zero-order valence-corrected chi connectivity index (χ0v) is 10.8. The smallest absolute Gasteiger partial charge is 0.303 e. The van der Waals surface area contributed by atoms with E-state index < -0.39 is 30.1 Å². The lowest BCUT2D eigenvalue weighted by Gasteiger charge is -2.35. The van der Waals surface area contributed by atoms with Crippen LogP contribution in [0.5, 0.6) is 0 Å². The van der Waals surface area contributed by atoms with Gasteiger partial charge in [-0.25, -0.2) is 0 Å². The minimum atomic E-state index is -0.687. The predicted octanol–water partition coefficient (Wildman–Crippen LogP) is 0.475. The van der Waals surface area contributed by atoms with Gasteiger partial charge < -0.3 is 14.2 Å². The average Bonchev–Trinajstić information content (AvgIpc) is 2.26. The molecule has 0 spiro atoms. The van der Waals surface area contributed by atoms with Gasteiger partial charge in [-0.05, 0) is 13.3 Å². The van der Waals surface area contributed by atoms with Crippen molar-refractivity contribution in [3.8, 4) is 0 Å². The molecule has 3 atom stereocenters. The Hall–Kier alpha value is -1.43. The van der Waals surface area contributed by atoms with Crippen LogP contribution in [0.25, 0.3) is 0 Å². The maximum absolute atomic E-state index is 11.5. The van der Waals surface area contributed by atoms with E-state index in [4.69, 9.17) is 14.2 Å². The van der Waals surface area contributed by atoms with Crippen LogP contribution < -0.4 is 0 Å². The van der Waals surface area contributed by atoms with E-state index in [1.807, 2.05) is 0 Å². The number of carbonyl (C=O) groups is 3. The molecule has 1 rings (SSSR count). The van der Waals surface area contributed by atoms with Gasteiger partial charge in [0, 0.05) is 20.5 Å². The van der Waals surface area contributed by atoms with Crippen LogP contribution in [0.4, 0.5) is 0 Å². The molecule has 0 amide bonds. The molecule has 1 heterocycles. The Balaban J connectivity index is 2.74. The Bertz CT molecular complexity index is 337. The third-order valence-corrected chi connectivity index (χ3v) is 2.80. The molecule has 0 radical (unpaired) electrons. The van der Waals surface area contributed by atoms with Crippen molar-refractivity contribution >= 4 is 17.7 Å². The van der Waals surface area contributed by atoms with E-state index in [0.717, 1.165) is 0 Å². The monoisotopic (exact) mass is 258 g/mol. The van der Waals surface area contributed by atoms with Crippen LogP contribution in [0.1, 0.15) is 27.2 Å². The van der Waals surface area contributed by atoms with Gasteiger partial charge in [-0.3, -0.25) is 14.4 Å². The number of Topliss-reactive ketones (excluding diaryl/α,β-unsaturated/α-hetero) is 1. The molecule has 102 valence electrons. The fourth-order valence-corrected chi connectivity index (χ4v) is 1.99. The van der Waals surface area contributed by atoms with Gasteiger partial charge in [0.05, 0.1) is 5.92 Å². The van der Waals surface area contributed by atoms with Crippen molar-refractivity contribution in [1.29, 1.82) is 0 Å². The summed E-state index contributed by atoms with van der Waals surface area (Å²) in [4.78, 5) is 33.4. The minimum Gasteiger partial charge on any atom is -0.463 e. The lowest BCUT2D eigenvalue weighted by atomic mass is 9.89. The maximum atomic E-state index is 11.5. The van der Waals surface area contributed by atoms with Crippen molar-refractivity contribution in [2.75, 3.05) is 13.2 Å². The standard InChI is InChI=1S/C12H18O6/c1-7(13)10-4-5-16-11(6-17-8(2)14)12(10)18-9(3)15/h10-12H,4-6H2,1-3H3/t10-,11-,12+/m1/s1. The number of esters is 2. The van der Waals surface area contributed by atoms with Gasteiger partial charge in [-0.15, -0.1) is 0 Å². The van der Waals surface area contributed by atoms with Crippen molar-refractivity contribution in [3.63, 3.8) is 0 Å². The molecule has 6 heteroatoms. The van der Waals surface area contributed by atoms with Gasteiger partial charge in [0.1, 0.15) is 24.6 Å². The SMILES string of the molecule is CC(=O)OC[C@H]1OCC[C@H](C(C)=O)[C@@H]1OC(C)=O. The first-order chi connectivity index (χ1) is 8.41. The first-order valence-electron chi connectivity index (χ1n) is 5.84. The van der Waals surface area contributed by atoms with Gasteiger partial charge in [0.2, 0.25) is 0 Å². The third-order valence-electron chi connectivity index (χ3n) is 2.80. The van der Waals surface area contributed by atoms with Crippen LogP contribution in [-0.4, -0.2) is 43.1 Å². The average molecular weight is 258 g/mol. The summed E-state index contributed by atoms with van der Waals surface area (Å²) in [5, 5.41) is 0.